The van der Waals surface area contributed by atoms with Gasteiger partial charge in [-0.3, -0.25) is 4.79 Å². The Bertz CT molecular complexity index is 922. The maximum Gasteiger partial charge on any atom is 0.255 e. The van der Waals surface area contributed by atoms with Crippen LogP contribution in [0.25, 0.3) is 0 Å². The Morgan fingerprint density at radius 3 is 2.48 bits per heavy atom. The predicted molar refractivity (Wildman–Crippen MR) is 115 cm³/mol. The molecule has 1 atom stereocenters. The average molecular weight is 423 g/mol. The first-order valence-electron chi connectivity index (χ1n) is 8.97. The minimum atomic E-state index is -0.0957. The van der Waals surface area contributed by atoms with Crippen molar-refractivity contribution in [2.24, 2.45) is 0 Å². The molecule has 0 unspecified atom stereocenters. The third kappa shape index (κ3) is 5.28. The predicted octanol–water partition coefficient (Wildman–Crippen LogP) is 5.86. The zero-order valence-corrected chi connectivity index (χ0v) is 17.1. The maximum absolute atomic E-state index is 12.4. The van der Waals surface area contributed by atoms with Crippen LogP contribution in [-0.2, 0) is 6.54 Å². The molecule has 27 heavy (non-hydrogen) atoms. The molecule has 0 aliphatic carbocycles. The van der Waals surface area contributed by atoms with Gasteiger partial charge >= 0.3 is 0 Å². The number of rotatable bonds is 6. The standard InChI is InChI=1S/C23H23BrN2O/c1-16-10-12-19(13-11-16)23(27)26-20-7-5-6-18(14-20)15-25-17(2)21-8-3-4-9-22(21)24/h3-14,17,25H,15H2,1-2H3,(H,26,27)/t17-/m0/s1. The summed E-state index contributed by atoms with van der Waals surface area (Å²) in [6.07, 6.45) is 0. The van der Waals surface area contributed by atoms with Crippen molar-refractivity contribution in [3.8, 4) is 0 Å². The first-order chi connectivity index (χ1) is 13.0. The summed E-state index contributed by atoms with van der Waals surface area (Å²) in [4.78, 5) is 12.4. The van der Waals surface area contributed by atoms with Crippen LogP contribution in [0, 0.1) is 6.92 Å². The van der Waals surface area contributed by atoms with E-state index in [0.717, 1.165) is 27.8 Å². The number of aryl methyl sites for hydroxylation is 1. The molecular formula is C23H23BrN2O. The summed E-state index contributed by atoms with van der Waals surface area (Å²) in [7, 11) is 0. The zero-order chi connectivity index (χ0) is 19.2. The Morgan fingerprint density at radius 1 is 1.00 bits per heavy atom. The van der Waals surface area contributed by atoms with Gasteiger partial charge in [-0.1, -0.05) is 64.0 Å². The van der Waals surface area contributed by atoms with Gasteiger partial charge in [-0.15, -0.1) is 0 Å². The van der Waals surface area contributed by atoms with Crippen molar-refractivity contribution in [3.63, 3.8) is 0 Å². The molecule has 0 aliphatic rings. The van der Waals surface area contributed by atoms with Gasteiger partial charge in [0.15, 0.2) is 0 Å². The number of carbonyl (C=O) groups excluding carboxylic acids is 1. The lowest BCUT2D eigenvalue weighted by Crippen LogP contribution is -2.18. The van der Waals surface area contributed by atoms with E-state index in [4.69, 9.17) is 0 Å². The third-order valence-electron chi connectivity index (χ3n) is 4.48. The van der Waals surface area contributed by atoms with Crippen molar-refractivity contribution in [1.29, 1.82) is 0 Å². The molecule has 3 nitrogen and oxygen atoms in total. The van der Waals surface area contributed by atoms with Crippen LogP contribution in [0.3, 0.4) is 0 Å². The Hall–Kier alpha value is -2.43. The van der Waals surface area contributed by atoms with E-state index in [-0.39, 0.29) is 11.9 Å². The molecule has 138 valence electrons. The molecule has 3 rings (SSSR count). The molecule has 0 saturated heterocycles. The lowest BCUT2D eigenvalue weighted by atomic mass is 10.1. The van der Waals surface area contributed by atoms with Crippen LogP contribution < -0.4 is 10.6 Å². The number of carbonyl (C=O) groups is 1. The van der Waals surface area contributed by atoms with Crippen molar-refractivity contribution in [2.45, 2.75) is 26.4 Å². The molecule has 3 aromatic rings. The van der Waals surface area contributed by atoms with E-state index in [0.29, 0.717) is 5.56 Å². The minimum absolute atomic E-state index is 0.0957. The van der Waals surface area contributed by atoms with Crippen LogP contribution in [0.15, 0.2) is 77.3 Å². The molecule has 0 aliphatic heterocycles. The van der Waals surface area contributed by atoms with Crippen LogP contribution in [0.4, 0.5) is 5.69 Å². The highest BCUT2D eigenvalue weighted by molar-refractivity contribution is 9.10. The van der Waals surface area contributed by atoms with Crippen LogP contribution in [0.1, 0.15) is 40.0 Å². The third-order valence-corrected chi connectivity index (χ3v) is 5.20. The number of nitrogens with one attached hydrogen (secondary N) is 2. The number of halogens is 1. The molecule has 0 spiro atoms. The second-order valence-corrected chi connectivity index (χ2v) is 7.50. The van der Waals surface area contributed by atoms with Crippen molar-refractivity contribution >= 4 is 27.5 Å². The first kappa shape index (κ1) is 19.3. The van der Waals surface area contributed by atoms with Crippen LogP contribution in [-0.4, -0.2) is 5.91 Å². The summed E-state index contributed by atoms with van der Waals surface area (Å²) in [5.41, 5.74) is 4.94. The summed E-state index contributed by atoms with van der Waals surface area (Å²) in [5, 5.41) is 6.50. The molecular weight excluding hydrogens is 400 g/mol. The van der Waals surface area contributed by atoms with Gasteiger partial charge in [-0.05, 0) is 55.3 Å². The van der Waals surface area contributed by atoms with Gasteiger partial charge in [-0.2, -0.15) is 0 Å². The van der Waals surface area contributed by atoms with Crippen molar-refractivity contribution < 1.29 is 4.79 Å². The molecule has 0 heterocycles. The number of benzene rings is 3. The highest BCUT2D eigenvalue weighted by Crippen LogP contribution is 2.23. The largest absolute Gasteiger partial charge is 0.322 e. The fourth-order valence-electron chi connectivity index (χ4n) is 2.87. The minimum Gasteiger partial charge on any atom is -0.322 e. The van der Waals surface area contributed by atoms with E-state index in [9.17, 15) is 4.79 Å². The number of hydrogen-bond donors (Lipinski definition) is 2. The van der Waals surface area contributed by atoms with E-state index in [1.807, 2.05) is 61.5 Å². The second-order valence-electron chi connectivity index (χ2n) is 6.64. The topological polar surface area (TPSA) is 41.1 Å². The van der Waals surface area contributed by atoms with E-state index in [1.165, 1.54) is 5.56 Å². The van der Waals surface area contributed by atoms with Gasteiger partial charge in [0.1, 0.15) is 0 Å². The van der Waals surface area contributed by atoms with Crippen LogP contribution in [0.5, 0.6) is 0 Å². The summed E-state index contributed by atoms with van der Waals surface area (Å²) in [6.45, 7) is 4.87. The molecule has 0 aromatic heterocycles. The quantitative estimate of drug-likeness (QED) is 0.521. The monoisotopic (exact) mass is 422 g/mol. The molecule has 3 aromatic carbocycles. The molecule has 0 fully saturated rings. The number of hydrogen-bond acceptors (Lipinski definition) is 2. The Balaban J connectivity index is 1.62. The van der Waals surface area contributed by atoms with Crippen molar-refractivity contribution in [3.05, 3.63) is 99.5 Å². The SMILES string of the molecule is Cc1ccc(C(=O)Nc2cccc(CN[C@@H](C)c3ccccc3Br)c2)cc1. The number of amides is 1. The first-order valence-corrected chi connectivity index (χ1v) is 9.77. The Kier molecular flexibility index (Phi) is 6.43. The van der Waals surface area contributed by atoms with Gasteiger partial charge < -0.3 is 10.6 Å². The van der Waals surface area contributed by atoms with Gasteiger partial charge in [0.25, 0.3) is 5.91 Å². The van der Waals surface area contributed by atoms with Crippen LogP contribution >= 0.6 is 15.9 Å². The van der Waals surface area contributed by atoms with Gasteiger partial charge in [0.2, 0.25) is 0 Å². The van der Waals surface area contributed by atoms with Crippen molar-refractivity contribution in [1.82, 2.24) is 5.32 Å². The molecule has 1 amide bonds. The zero-order valence-electron chi connectivity index (χ0n) is 15.5. The highest BCUT2D eigenvalue weighted by atomic mass is 79.9. The average Bonchev–Trinajstić information content (AvgIpc) is 2.67. The summed E-state index contributed by atoms with van der Waals surface area (Å²) in [5.74, 6) is -0.0957. The number of anilines is 1. The van der Waals surface area contributed by atoms with Gasteiger partial charge in [0, 0.05) is 28.3 Å². The summed E-state index contributed by atoms with van der Waals surface area (Å²) >= 11 is 3.60. The molecule has 0 saturated carbocycles. The lowest BCUT2D eigenvalue weighted by molar-refractivity contribution is 0.102. The molecule has 2 N–H and O–H groups in total. The fraction of sp³-hybridized carbons (Fsp3) is 0.174. The van der Waals surface area contributed by atoms with Crippen molar-refractivity contribution in [2.75, 3.05) is 5.32 Å². The highest BCUT2D eigenvalue weighted by Gasteiger charge is 2.09. The molecule has 0 radical (unpaired) electrons. The van der Waals surface area contributed by atoms with E-state index >= 15 is 0 Å². The fourth-order valence-corrected chi connectivity index (χ4v) is 3.50. The van der Waals surface area contributed by atoms with E-state index in [1.54, 1.807) is 0 Å². The summed E-state index contributed by atoms with van der Waals surface area (Å²) in [6, 6.07) is 23.9. The molecule has 0 bridgehead atoms. The Labute approximate surface area is 168 Å². The van der Waals surface area contributed by atoms with E-state index < -0.39 is 0 Å². The smallest absolute Gasteiger partial charge is 0.255 e. The van der Waals surface area contributed by atoms with Crippen LogP contribution in [0.2, 0.25) is 0 Å². The Morgan fingerprint density at radius 2 is 1.74 bits per heavy atom. The normalized spacial score (nSPS) is 11.8. The lowest BCUT2D eigenvalue weighted by Gasteiger charge is -2.16. The van der Waals surface area contributed by atoms with Gasteiger partial charge in [-0.25, -0.2) is 0 Å². The van der Waals surface area contributed by atoms with E-state index in [2.05, 4.69) is 51.7 Å². The molecule has 4 heteroatoms. The second kappa shape index (κ2) is 8.98. The summed E-state index contributed by atoms with van der Waals surface area (Å²) < 4.78 is 1.10. The maximum atomic E-state index is 12.4. The van der Waals surface area contributed by atoms with Gasteiger partial charge in [0.05, 0.1) is 0 Å².